The smallest absolute Gasteiger partial charge is 0.243 e. The van der Waals surface area contributed by atoms with E-state index in [9.17, 15) is 19.1 Å². The van der Waals surface area contributed by atoms with E-state index in [1.54, 1.807) is 0 Å². The molecule has 1 aromatic heterocycles. The number of halogens is 1. The molecule has 0 unspecified atom stereocenters. The number of hydrogen-bond donors (Lipinski definition) is 1. The van der Waals surface area contributed by atoms with Gasteiger partial charge in [-0.1, -0.05) is 0 Å². The molecule has 0 saturated heterocycles. The van der Waals surface area contributed by atoms with Gasteiger partial charge in [0, 0.05) is 13.1 Å². The molecule has 0 radical (unpaired) electrons. The second-order valence-electron chi connectivity index (χ2n) is 3.68. The third kappa shape index (κ3) is 2.13. The van der Waals surface area contributed by atoms with Gasteiger partial charge in [0.2, 0.25) is 5.91 Å². The number of benzene rings is 1. The molecule has 0 aliphatic carbocycles. The Hall–Kier alpha value is -2.50. The van der Waals surface area contributed by atoms with Crippen molar-refractivity contribution in [1.82, 2.24) is 9.78 Å². The zero-order chi connectivity index (χ0) is 13.3. The normalized spacial score (nSPS) is 10.3. The predicted molar refractivity (Wildman–Crippen MR) is 60.0 cm³/mol. The van der Waals surface area contributed by atoms with Crippen LogP contribution in [-0.4, -0.2) is 26.6 Å². The minimum absolute atomic E-state index is 0.103. The number of carbonyl (C=O) groups is 2. The molecule has 0 bridgehead atoms. The second kappa shape index (κ2) is 4.40. The van der Waals surface area contributed by atoms with Gasteiger partial charge < -0.3 is 5.11 Å². The molecule has 1 aromatic carbocycles. The molecule has 1 N–H and O–H groups in total. The molecule has 0 atom stereocenters. The lowest BCUT2D eigenvalue weighted by Crippen LogP contribution is -2.06. The first-order valence-corrected chi connectivity index (χ1v) is 5.08. The number of nitrogens with zero attached hydrogens (tertiary/aromatic N) is 2. The Morgan fingerprint density at radius 2 is 2.11 bits per heavy atom. The predicted octanol–water partition coefficient (Wildman–Crippen LogP) is 1.62. The minimum atomic E-state index is -0.630. The molecule has 1 heterocycles. The van der Waals surface area contributed by atoms with E-state index in [-0.39, 0.29) is 22.8 Å². The van der Waals surface area contributed by atoms with Gasteiger partial charge in [0.25, 0.3) is 0 Å². The Balaban J connectivity index is 2.41. The van der Waals surface area contributed by atoms with E-state index in [0.717, 1.165) is 22.9 Å². The molecule has 0 aliphatic heterocycles. The van der Waals surface area contributed by atoms with Crippen molar-refractivity contribution < 1.29 is 19.1 Å². The number of phenols is 1. The summed E-state index contributed by atoms with van der Waals surface area (Å²) in [5.74, 6) is -1.90. The van der Waals surface area contributed by atoms with E-state index in [0.29, 0.717) is 0 Å². The Morgan fingerprint density at radius 1 is 1.39 bits per heavy atom. The van der Waals surface area contributed by atoms with Crippen LogP contribution < -0.4 is 0 Å². The molecule has 2 rings (SSSR count). The maximum Gasteiger partial charge on any atom is 0.243 e. The van der Waals surface area contributed by atoms with Gasteiger partial charge in [-0.05, 0) is 18.2 Å². The van der Waals surface area contributed by atoms with Crippen molar-refractivity contribution >= 4 is 11.7 Å². The summed E-state index contributed by atoms with van der Waals surface area (Å²) in [5, 5.41) is 13.2. The highest BCUT2D eigenvalue weighted by molar-refractivity contribution is 6.10. The molecular weight excluding hydrogens is 239 g/mol. The van der Waals surface area contributed by atoms with Crippen LogP contribution in [0.3, 0.4) is 0 Å². The van der Waals surface area contributed by atoms with Crippen molar-refractivity contribution in [2.75, 3.05) is 0 Å². The summed E-state index contributed by atoms with van der Waals surface area (Å²) in [6, 6.07) is 3.08. The summed E-state index contributed by atoms with van der Waals surface area (Å²) in [6.45, 7) is 1.29. The standard InChI is InChI=1S/C12H9FN2O3/c1-7(16)15-6-8(5-14-15)12(18)10-4-9(13)2-3-11(10)17/h2-6,17H,1H3. The van der Waals surface area contributed by atoms with E-state index in [1.165, 1.54) is 19.3 Å². The van der Waals surface area contributed by atoms with Gasteiger partial charge in [-0.3, -0.25) is 9.59 Å². The molecule has 0 spiro atoms. The largest absolute Gasteiger partial charge is 0.507 e. The van der Waals surface area contributed by atoms with Crippen LogP contribution in [0.25, 0.3) is 0 Å². The summed E-state index contributed by atoms with van der Waals surface area (Å²) in [7, 11) is 0. The number of phenolic OH excluding ortho intramolecular Hbond substituents is 1. The topological polar surface area (TPSA) is 72.2 Å². The highest BCUT2D eigenvalue weighted by Gasteiger charge is 2.16. The molecule has 5 nitrogen and oxygen atoms in total. The van der Waals surface area contributed by atoms with Crippen molar-refractivity contribution in [1.29, 1.82) is 0 Å². The SMILES string of the molecule is CC(=O)n1cc(C(=O)c2cc(F)ccc2O)cn1. The van der Waals surface area contributed by atoms with Crippen molar-refractivity contribution in [2.45, 2.75) is 6.92 Å². The molecule has 2 aromatic rings. The highest BCUT2D eigenvalue weighted by atomic mass is 19.1. The zero-order valence-corrected chi connectivity index (χ0v) is 9.42. The summed E-state index contributed by atoms with van der Waals surface area (Å²) in [4.78, 5) is 23.0. The third-order valence-electron chi connectivity index (χ3n) is 2.37. The lowest BCUT2D eigenvalue weighted by molar-refractivity contribution is 0.0921. The van der Waals surface area contributed by atoms with Crippen LogP contribution in [0.2, 0.25) is 0 Å². The quantitative estimate of drug-likeness (QED) is 0.819. The number of ketones is 1. The summed E-state index contributed by atoms with van der Waals surface area (Å²) in [6.07, 6.45) is 2.42. The molecule has 0 saturated carbocycles. The molecule has 92 valence electrons. The molecule has 0 amide bonds. The number of hydrogen-bond acceptors (Lipinski definition) is 4. The zero-order valence-electron chi connectivity index (χ0n) is 9.42. The Labute approximate surface area is 101 Å². The number of aromatic hydroxyl groups is 1. The first kappa shape index (κ1) is 12.0. The van der Waals surface area contributed by atoms with Crippen molar-refractivity contribution in [2.24, 2.45) is 0 Å². The van der Waals surface area contributed by atoms with Gasteiger partial charge in [-0.15, -0.1) is 0 Å². The molecule has 0 fully saturated rings. The van der Waals surface area contributed by atoms with Crippen molar-refractivity contribution in [3.05, 3.63) is 47.5 Å². The second-order valence-corrected chi connectivity index (χ2v) is 3.68. The van der Waals surface area contributed by atoms with Crippen LogP contribution in [0, 0.1) is 5.82 Å². The minimum Gasteiger partial charge on any atom is -0.507 e. The lowest BCUT2D eigenvalue weighted by Gasteiger charge is -2.01. The summed E-state index contributed by atoms with van der Waals surface area (Å²) >= 11 is 0. The van der Waals surface area contributed by atoms with Crippen LogP contribution in [-0.2, 0) is 0 Å². The fraction of sp³-hybridized carbons (Fsp3) is 0.0833. The number of rotatable bonds is 2. The van der Waals surface area contributed by atoms with Gasteiger partial charge in [0.15, 0.2) is 5.78 Å². The Bertz CT molecular complexity index is 634. The van der Waals surface area contributed by atoms with E-state index in [4.69, 9.17) is 0 Å². The highest BCUT2D eigenvalue weighted by Crippen LogP contribution is 2.21. The van der Waals surface area contributed by atoms with Crippen LogP contribution in [0.5, 0.6) is 5.75 Å². The maximum absolute atomic E-state index is 13.0. The van der Waals surface area contributed by atoms with Gasteiger partial charge >= 0.3 is 0 Å². The van der Waals surface area contributed by atoms with Gasteiger partial charge in [0.05, 0.1) is 17.3 Å². The van der Waals surface area contributed by atoms with Gasteiger partial charge in [-0.25, -0.2) is 9.07 Å². The van der Waals surface area contributed by atoms with Crippen LogP contribution in [0.1, 0.15) is 27.6 Å². The van der Waals surface area contributed by atoms with Crippen LogP contribution >= 0.6 is 0 Å². The number of aromatic nitrogens is 2. The first-order chi connectivity index (χ1) is 8.49. The monoisotopic (exact) mass is 248 g/mol. The molecule has 6 heteroatoms. The van der Waals surface area contributed by atoms with E-state index in [2.05, 4.69) is 5.10 Å². The van der Waals surface area contributed by atoms with Crippen LogP contribution in [0.4, 0.5) is 4.39 Å². The first-order valence-electron chi connectivity index (χ1n) is 5.08. The summed E-state index contributed by atoms with van der Waals surface area (Å²) < 4.78 is 14.0. The fourth-order valence-corrected chi connectivity index (χ4v) is 1.46. The van der Waals surface area contributed by atoms with Crippen LogP contribution in [0.15, 0.2) is 30.6 Å². The van der Waals surface area contributed by atoms with Crippen molar-refractivity contribution in [3.63, 3.8) is 0 Å². The summed E-state index contributed by atoms with van der Waals surface area (Å²) in [5.41, 5.74) is -0.0656. The molecule has 18 heavy (non-hydrogen) atoms. The molecular formula is C12H9FN2O3. The average molecular weight is 248 g/mol. The van der Waals surface area contributed by atoms with Gasteiger partial charge in [-0.2, -0.15) is 5.10 Å². The van der Waals surface area contributed by atoms with E-state index < -0.39 is 11.6 Å². The van der Waals surface area contributed by atoms with E-state index in [1.807, 2.05) is 0 Å². The molecule has 0 aliphatic rings. The number of carbonyl (C=O) groups excluding carboxylic acids is 2. The van der Waals surface area contributed by atoms with Gasteiger partial charge in [0.1, 0.15) is 11.6 Å². The average Bonchev–Trinajstić information content (AvgIpc) is 2.81. The van der Waals surface area contributed by atoms with E-state index >= 15 is 0 Å². The lowest BCUT2D eigenvalue weighted by atomic mass is 10.1. The Kier molecular flexibility index (Phi) is 2.93. The maximum atomic E-state index is 13.0. The Morgan fingerprint density at radius 3 is 2.72 bits per heavy atom. The third-order valence-corrected chi connectivity index (χ3v) is 2.37. The fourth-order valence-electron chi connectivity index (χ4n) is 1.46. The van der Waals surface area contributed by atoms with Crippen molar-refractivity contribution in [3.8, 4) is 5.75 Å².